The van der Waals surface area contributed by atoms with Crippen LogP contribution in [0.2, 0.25) is 0 Å². The summed E-state index contributed by atoms with van der Waals surface area (Å²) >= 11 is -3.35. The van der Waals surface area contributed by atoms with E-state index in [2.05, 4.69) is 9.50 Å². The van der Waals surface area contributed by atoms with E-state index in [0.29, 0.717) is 19.6 Å². The lowest BCUT2D eigenvalue weighted by Crippen LogP contribution is -2.31. The maximum absolute atomic E-state index is 12.4. The van der Waals surface area contributed by atoms with Gasteiger partial charge >= 0.3 is 22.7 Å². The van der Waals surface area contributed by atoms with Gasteiger partial charge in [0.1, 0.15) is 5.76 Å². The molecule has 1 aromatic rings. The molecule has 26 heavy (non-hydrogen) atoms. The summed E-state index contributed by atoms with van der Waals surface area (Å²) < 4.78 is 57.6. The zero-order valence-electron chi connectivity index (χ0n) is 13.8. The molecule has 9 heteroatoms. The molecule has 1 saturated heterocycles. The lowest BCUT2D eigenvalue weighted by Gasteiger charge is -2.23. The number of carbonyl (C=O) groups is 1. The van der Waals surface area contributed by atoms with Gasteiger partial charge in [0.15, 0.2) is 0 Å². The average molecular weight is 389 g/mol. The SMILES string of the molecule is O=C1NC[C@H](c2ccc3c(c2)CCC(OS(=O)C(F)(F)F)=C3)CCCO1. The minimum absolute atomic E-state index is 0.0660. The van der Waals surface area contributed by atoms with Crippen LogP contribution >= 0.6 is 0 Å². The van der Waals surface area contributed by atoms with E-state index in [9.17, 15) is 22.2 Å². The standard InChI is InChI=1S/C17H18F3NO4S/c18-17(19,20)26(23)25-15-6-5-11-8-12(3-4-13(11)9-15)14-2-1-7-24-16(22)21-10-14/h3-4,8-9,14H,1-2,5-7,10H2,(H,21,22)/t14-,26?/m1/s1. The van der Waals surface area contributed by atoms with Crippen LogP contribution in [-0.4, -0.2) is 29.0 Å². The third-order valence-corrected chi connectivity index (χ3v) is 5.13. The number of rotatable bonds is 3. The molecule has 2 atom stereocenters. The number of fused-ring (bicyclic) bond motifs is 1. The number of aryl methyl sites for hydroxylation is 1. The van der Waals surface area contributed by atoms with Gasteiger partial charge in [-0.1, -0.05) is 18.2 Å². The topological polar surface area (TPSA) is 64.6 Å². The van der Waals surface area contributed by atoms with Crippen molar-refractivity contribution in [3.05, 3.63) is 40.6 Å². The number of benzene rings is 1. The van der Waals surface area contributed by atoms with E-state index in [0.717, 1.165) is 29.5 Å². The van der Waals surface area contributed by atoms with Crippen molar-refractivity contribution in [3.8, 4) is 0 Å². The normalized spacial score (nSPS) is 22.0. The van der Waals surface area contributed by atoms with Crippen molar-refractivity contribution in [2.24, 2.45) is 0 Å². The van der Waals surface area contributed by atoms with Crippen molar-refractivity contribution < 1.29 is 31.1 Å². The summed E-state index contributed by atoms with van der Waals surface area (Å²) in [5.74, 6) is 0.226. The summed E-state index contributed by atoms with van der Waals surface area (Å²) in [4.78, 5) is 11.4. The number of amides is 1. The van der Waals surface area contributed by atoms with Crippen molar-refractivity contribution in [2.75, 3.05) is 13.2 Å². The molecule has 1 unspecified atom stereocenters. The Bertz CT molecular complexity index is 748. The van der Waals surface area contributed by atoms with E-state index in [4.69, 9.17) is 4.74 Å². The summed E-state index contributed by atoms with van der Waals surface area (Å²) in [6.45, 7) is 0.861. The molecule has 0 radical (unpaired) electrons. The number of alkyl carbamates (subject to hydrolysis) is 1. The van der Waals surface area contributed by atoms with Crippen molar-refractivity contribution in [2.45, 2.75) is 37.1 Å². The number of hydrogen-bond acceptors (Lipinski definition) is 4. The van der Waals surface area contributed by atoms with Gasteiger partial charge in [-0.3, -0.25) is 0 Å². The summed E-state index contributed by atoms with van der Waals surface area (Å²) in [7, 11) is 0. The predicted molar refractivity (Wildman–Crippen MR) is 89.3 cm³/mol. The van der Waals surface area contributed by atoms with E-state index in [1.165, 1.54) is 6.08 Å². The molecule has 0 saturated carbocycles. The molecular weight excluding hydrogens is 371 g/mol. The van der Waals surface area contributed by atoms with Crippen LogP contribution in [0.3, 0.4) is 0 Å². The number of halogens is 3. The number of alkyl halides is 3. The third kappa shape index (κ3) is 4.57. The summed E-state index contributed by atoms with van der Waals surface area (Å²) in [5.41, 5.74) is -2.07. The molecular formula is C17H18F3NO4S. The molecule has 5 nitrogen and oxygen atoms in total. The number of ether oxygens (including phenoxy) is 1. The number of allylic oxidation sites excluding steroid dienone is 1. The van der Waals surface area contributed by atoms with Crippen LogP contribution < -0.4 is 5.32 Å². The summed E-state index contributed by atoms with van der Waals surface area (Å²) in [6.07, 6.45) is 3.49. The maximum Gasteiger partial charge on any atom is 0.508 e. The van der Waals surface area contributed by atoms with Gasteiger partial charge in [-0.25, -0.2) is 9.00 Å². The van der Waals surface area contributed by atoms with Gasteiger partial charge in [0.2, 0.25) is 0 Å². The molecule has 1 N–H and O–H groups in total. The van der Waals surface area contributed by atoms with Crippen LogP contribution in [0.4, 0.5) is 18.0 Å². The lowest BCUT2D eigenvalue weighted by atomic mass is 9.88. The molecule has 1 aromatic carbocycles. The maximum atomic E-state index is 12.4. The quantitative estimate of drug-likeness (QED) is 0.855. The molecule has 0 bridgehead atoms. The second kappa shape index (κ2) is 7.69. The van der Waals surface area contributed by atoms with Gasteiger partial charge in [0, 0.05) is 18.9 Å². The van der Waals surface area contributed by atoms with Gasteiger partial charge in [-0.15, -0.1) is 0 Å². The Labute approximate surface area is 151 Å². The van der Waals surface area contributed by atoms with E-state index in [1.807, 2.05) is 18.2 Å². The largest absolute Gasteiger partial charge is 0.508 e. The molecule has 1 aliphatic heterocycles. The molecule has 1 heterocycles. The van der Waals surface area contributed by atoms with Crippen molar-refractivity contribution in [3.63, 3.8) is 0 Å². The fourth-order valence-corrected chi connectivity index (χ4v) is 3.51. The van der Waals surface area contributed by atoms with Crippen LogP contribution in [0.5, 0.6) is 0 Å². The first-order valence-electron chi connectivity index (χ1n) is 8.24. The second-order valence-electron chi connectivity index (χ2n) is 6.19. The van der Waals surface area contributed by atoms with Gasteiger partial charge < -0.3 is 14.2 Å². The van der Waals surface area contributed by atoms with E-state index >= 15 is 0 Å². The van der Waals surface area contributed by atoms with Crippen molar-refractivity contribution in [1.82, 2.24) is 5.32 Å². The molecule has 2 aliphatic rings. The van der Waals surface area contributed by atoms with Crippen LogP contribution in [0, 0.1) is 0 Å². The predicted octanol–water partition coefficient (Wildman–Crippen LogP) is 3.78. The molecule has 1 fully saturated rings. The Balaban J connectivity index is 1.74. The van der Waals surface area contributed by atoms with Crippen molar-refractivity contribution in [1.29, 1.82) is 0 Å². The second-order valence-corrected chi connectivity index (χ2v) is 7.29. The lowest BCUT2D eigenvalue weighted by molar-refractivity contribution is -0.0456. The fraction of sp³-hybridized carbons (Fsp3) is 0.471. The highest BCUT2D eigenvalue weighted by Crippen LogP contribution is 2.31. The first kappa shape index (κ1) is 18.8. The van der Waals surface area contributed by atoms with E-state index in [1.54, 1.807) is 0 Å². The minimum Gasteiger partial charge on any atom is -0.450 e. The Morgan fingerprint density at radius 3 is 2.85 bits per heavy atom. The Morgan fingerprint density at radius 2 is 2.08 bits per heavy atom. The van der Waals surface area contributed by atoms with Gasteiger partial charge in [-0.05, 0) is 42.0 Å². The zero-order chi connectivity index (χ0) is 18.7. The number of carbonyl (C=O) groups excluding carboxylic acids is 1. The highest BCUT2D eigenvalue weighted by atomic mass is 32.2. The molecule has 1 aliphatic carbocycles. The minimum atomic E-state index is -4.89. The third-order valence-electron chi connectivity index (χ3n) is 4.39. The molecule has 142 valence electrons. The molecule has 0 aromatic heterocycles. The Hall–Kier alpha value is -2.03. The smallest absolute Gasteiger partial charge is 0.450 e. The molecule has 0 spiro atoms. The monoisotopic (exact) mass is 389 g/mol. The van der Waals surface area contributed by atoms with Crippen LogP contribution in [0.25, 0.3) is 6.08 Å². The summed E-state index contributed by atoms with van der Waals surface area (Å²) in [6, 6.07) is 5.74. The number of hydrogen-bond donors (Lipinski definition) is 1. The van der Waals surface area contributed by atoms with Crippen LogP contribution in [0.15, 0.2) is 24.0 Å². The van der Waals surface area contributed by atoms with Crippen LogP contribution in [0.1, 0.15) is 41.9 Å². The van der Waals surface area contributed by atoms with Gasteiger partial charge in [0.05, 0.1) is 6.61 Å². The highest BCUT2D eigenvalue weighted by molar-refractivity contribution is 7.81. The highest BCUT2D eigenvalue weighted by Gasteiger charge is 2.40. The van der Waals surface area contributed by atoms with Gasteiger partial charge in [0.25, 0.3) is 0 Å². The fourth-order valence-electron chi connectivity index (χ4n) is 3.09. The Morgan fingerprint density at radius 1 is 1.27 bits per heavy atom. The molecule has 1 amide bonds. The summed E-state index contributed by atoms with van der Waals surface area (Å²) in [5, 5.41) is 2.72. The number of nitrogens with one attached hydrogen (secondary N) is 1. The Kier molecular flexibility index (Phi) is 5.55. The van der Waals surface area contributed by atoms with E-state index < -0.39 is 22.7 Å². The van der Waals surface area contributed by atoms with Crippen molar-refractivity contribution >= 4 is 23.2 Å². The average Bonchev–Trinajstić information content (AvgIpc) is 2.57. The first-order chi connectivity index (χ1) is 12.3. The first-order valence-corrected chi connectivity index (χ1v) is 9.31. The van der Waals surface area contributed by atoms with E-state index in [-0.39, 0.29) is 18.1 Å². The zero-order valence-corrected chi connectivity index (χ0v) is 14.6. The van der Waals surface area contributed by atoms with Crippen LogP contribution in [-0.2, 0) is 26.4 Å². The number of cyclic esters (lactones) is 1. The van der Waals surface area contributed by atoms with Gasteiger partial charge in [-0.2, -0.15) is 13.2 Å². The molecule has 3 rings (SSSR count).